The molecule has 1 saturated carbocycles. The lowest BCUT2D eigenvalue weighted by Gasteiger charge is -2.14. The molecule has 0 bridgehead atoms. The molecule has 1 aromatic heterocycles. The predicted octanol–water partition coefficient (Wildman–Crippen LogP) is 8.03. The van der Waals surface area contributed by atoms with E-state index in [4.69, 9.17) is 44.6 Å². The van der Waals surface area contributed by atoms with Crippen LogP contribution in [0.5, 0.6) is 5.75 Å². The fourth-order valence-electron chi connectivity index (χ4n) is 4.61. The Kier molecular flexibility index (Phi) is 7.17. The number of rotatable bonds is 8. The maximum Gasteiger partial charge on any atom is 0.335 e. The van der Waals surface area contributed by atoms with Gasteiger partial charge >= 0.3 is 5.97 Å². The summed E-state index contributed by atoms with van der Waals surface area (Å²) in [6.07, 6.45) is 0.966. The molecule has 0 aliphatic heterocycles. The van der Waals surface area contributed by atoms with E-state index in [0.29, 0.717) is 38.0 Å². The predicted molar refractivity (Wildman–Crippen MR) is 145 cm³/mol. The zero-order valence-corrected chi connectivity index (χ0v) is 22.4. The number of carbonyl (C=O) groups is 1. The number of benzene rings is 3. The van der Waals surface area contributed by atoms with Crippen LogP contribution in [0.25, 0.3) is 11.3 Å². The van der Waals surface area contributed by atoms with Gasteiger partial charge in [0.1, 0.15) is 23.7 Å². The van der Waals surface area contributed by atoms with Crippen LogP contribution in [0.3, 0.4) is 0 Å². The third-order valence-electron chi connectivity index (χ3n) is 6.60. The molecule has 1 N–H and O–H groups in total. The van der Waals surface area contributed by atoms with Crippen molar-refractivity contribution >= 4 is 40.8 Å². The monoisotopic (exact) mass is 555 g/mol. The summed E-state index contributed by atoms with van der Waals surface area (Å²) in [5.74, 6) is 0.315. The first-order chi connectivity index (χ1) is 17.7. The molecule has 1 aliphatic carbocycles. The van der Waals surface area contributed by atoms with Crippen LogP contribution in [0, 0.1) is 0 Å². The van der Waals surface area contributed by atoms with Crippen LogP contribution in [0.1, 0.15) is 65.3 Å². The Morgan fingerprint density at radius 3 is 2.35 bits per heavy atom. The van der Waals surface area contributed by atoms with E-state index in [1.807, 2.05) is 44.2 Å². The van der Waals surface area contributed by atoms with Crippen LogP contribution in [0.2, 0.25) is 15.1 Å². The van der Waals surface area contributed by atoms with E-state index in [2.05, 4.69) is 10.3 Å². The van der Waals surface area contributed by atoms with Crippen molar-refractivity contribution in [1.82, 2.24) is 15.0 Å². The average molecular weight is 557 g/mol. The minimum Gasteiger partial charge on any atom is -0.487 e. The van der Waals surface area contributed by atoms with Gasteiger partial charge in [-0.05, 0) is 79.6 Å². The molecule has 0 amide bonds. The van der Waals surface area contributed by atoms with Crippen LogP contribution in [0.15, 0.2) is 60.7 Å². The van der Waals surface area contributed by atoms with Gasteiger partial charge in [-0.3, -0.25) is 0 Å². The Balaban J connectivity index is 1.33. The smallest absolute Gasteiger partial charge is 0.335 e. The summed E-state index contributed by atoms with van der Waals surface area (Å²) in [4.78, 5) is 11.1. The molecule has 2 atom stereocenters. The molecule has 1 aliphatic rings. The third kappa shape index (κ3) is 5.19. The second-order valence-electron chi connectivity index (χ2n) is 9.37. The molecule has 0 radical (unpaired) electrons. The van der Waals surface area contributed by atoms with Crippen LogP contribution in [-0.4, -0.2) is 26.1 Å². The van der Waals surface area contributed by atoms with Gasteiger partial charge in [0.2, 0.25) is 0 Å². The Morgan fingerprint density at radius 2 is 1.73 bits per heavy atom. The molecule has 0 saturated heterocycles. The highest BCUT2D eigenvalue weighted by molar-refractivity contribution is 6.39. The molecule has 1 fully saturated rings. The van der Waals surface area contributed by atoms with Gasteiger partial charge in [-0.1, -0.05) is 64.3 Å². The number of aromatic carboxylic acids is 1. The van der Waals surface area contributed by atoms with Crippen molar-refractivity contribution < 1.29 is 14.6 Å². The topological polar surface area (TPSA) is 77.2 Å². The van der Waals surface area contributed by atoms with Gasteiger partial charge in [0, 0.05) is 16.6 Å². The van der Waals surface area contributed by atoms with E-state index in [1.165, 1.54) is 0 Å². The Labute approximate surface area is 229 Å². The van der Waals surface area contributed by atoms with Gasteiger partial charge < -0.3 is 9.84 Å². The van der Waals surface area contributed by atoms with Crippen molar-refractivity contribution in [2.75, 3.05) is 0 Å². The summed E-state index contributed by atoms with van der Waals surface area (Å²) in [5.41, 5.74) is 4.43. The summed E-state index contributed by atoms with van der Waals surface area (Å²) in [6, 6.07) is 18.2. The van der Waals surface area contributed by atoms with Crippen molar-refractivity contribution in [3.63, 3.8) is 0 Å². The number of nitrogens with zero attached hydrogens (tertiary/aromatic N) is 3. The Hall–Kier alpha value is -3.06. The second kappa shape index (κ2) is 10.4. The molecule has 4 aromatic rings. The van der Waals surface area contributed by atoms with Gasteiger partial charge in [-0.25, -0.2) is 9.48 Å². The number of carboxylic acids is 1. The first-order valence-electron chi connectivity index (χ1n) is 11.9. The molecule has 37 heavy (non-hydrogen) atoms. The third-order valence-corrected chi connectivity index (χ3v) is 7.56. The Bertz CT molecular complexity index is 1450. The summed E-state index contributed by atoms with van der Waals surface area (Å²) in [7, 11) is 0. The molecule has 5 rings (SSSR count). The molecule has 2 unspecified atom stereocenters. The fourth-order valence-corrected chi connectivity index (χ4v) is 5.50. The van der Waals surface area contributed by atoms with Crippen LogP contribution in [0.4, 0.5) is 0 Å². The standard InChI is InChI=1S/C28H24Cl3N3O3/c1-15(2)34-25(27(32-33-34)26-22(29)4-3-5-23(26)30)14-37-18-10-11-19(24(31)12-18)21-13-20(21)16-6-8-17(9-7-16)28(35)36/h3-12,15,20-21H,13-14H2,1-2H3,(H,35,36). The SMILES string of the molecule is CC(C)n1nnc(-c2c(Cl)cccc2Cl)c1COc1ccc(C2CC2c2ccc(C(=O)O)cc2)c(Cl)c1. The highest BCUT2D eigenvalue weighted by Crippen LogP contribution is 2.56. The van der Waals surface area contributed by atoms with Crippen LogP contribution >= 0.6 is 34.8 Å². The number of carboxylic acid groups (broad SMARTS) is 1. The normalized spacial score (nSPS) is 16.7. The number of aromatic nitrogens is 3. The van der Waals surface area contributed by atoms with Crippen molar-refractivity contribution in [3.05, 3.63) is 98.1 Å². The van der Waals surface area contributed by atoms with Crippen molar-refractivity contribution in [2.45, 2.75) is 44.8 Å². The van der Waals surface area contributed by atoms with Crippen molar-refractivity contribution in [3.8, 4) is 17.0 Å². The fraction of sp³-hybridized carbons (Fsp3) is 0.250. The molecular weight excluding hydrogens is 533 g/mol. The van der Waals surface area contributed by atoms with Crippen LogP contribution in [-0.2, 0) is 6.61 Å². The van der Waals surface area contributed by atoms with Gasteiger partial charge in [0.05, 0.1) is 15.6 Å². The first kappa shape index (κ1) is 25.6. The first-order valence-corrected chi connectivity index (χ1v) is 13.0. The quantitative estimate of drug-likeness (QED) is 0.238. The lowest BCUT2D eigenvalue weighted by molar-refractivity contribution is 0.0697. The number of halogens is 3. The largest absolute Gasteiger partial charge is 0.487 e. The molecule has 3 aromatic carbocycles. The van der Waals surface area contributed by atoms with Crippen molar-refractivity contribution in [1.29, 1.82) is 0 Å². The maximum absolute atomic E-state index is 11.1. The average Bonchev–Trinajstić information content (AvgIpc) is 3.54. The second-order valence-corrected chi connectivity index (χ2v) is 10.6. The zero-order chi connectivity index (χ0) is 26.3. The van der Waals surface area contributed by atoms with E-state index >= 15 is 0 Å². The number of hydrogen-bond donors (Lipinski definition) is 1. The minimum atomic E-state index is -0.924. The van der Waals surface area contributed by atoms with Gasteiger partial charge in [-0.2, -0.15) is 0 Å². The molecule has 9 heteroatoms. The van der Waals surface area contributed by atoms with E-state index in [1.54, 1.807) is 35.0 Å². The van der Waals surface area contributed by atoms with E-state index in [0.717, 1.165) is 23.2 Å². The molecular formula is C28H24Cl3N3O3. The summed E-state index contributed by atoms with van der Waals surface area (Å²) in [5, 5.41) is 19.4. The highest BCUT2D eigenvalue weighted by Gasteiger charge is 2.40. The summed E-state index contributed by atoms with van der Waals surface area (Å²) >= 11 is 19.6. The highest BCUT2D eigenvalue weighted by atomic mass is 35.5. The number of hydrogen-bond acceptors (Lipinski definition) is 4. The summed E-state index contributed by atoms with van der Waals surface area (Å²) < 4.78 is 7.94. The van der Waals surface area contributed by atoms with Gasteiger partial charge in [-0.15, -0.1) is 5.10 Å². The van der Waals surface area contributed by atoms with Gasteiger partial charge in [0.25, 0.3) is 0 Å². The zero-order valence-electron chi connectivity index (χ0n) is 20.2. The lowest BCUT2D eigenvalue weighted by atomic mass is 10.0. The van der Waals surface area contributed by atoms with E-state index < -0.39 is 5.97 Å². The maximum atomic E-state index is 11.1. The van der Waals surface area contributed by atoms with Crippen molar-refractivity contribution in [2.24, 2.45) is 0 Å². The Morgan fingerprint density at radius 1 is 1.03 bits per heavy atom. The lowest BCUT2D eigenvalue weighted by Crippen LogP contribution is -2.11. The van der Waals surface area contributed by atoms with Crippen LogP contribution < -0.4 is 4.74 Å². The molecule has 6 nitrogen and oxygen atoms in total. The molecule has 190 valence electrons. The van der Waals surface area contributed by atoms with Gasteiger partial charge in [0.15, 0.2) is 0 Å². The van der Waals surface area contributed by atoms with E-state index in [9.17, 15) is 4.79 Å². The number of ether oxygens (including phenoxy) is 1. The minimum absolute atomic E-state index is 0.0587. The molecule has 0 spiro atoms. The molecule has 1 heterocycles. The van der Waals surface area contributed by atoms with E-state index in [-0.39, 0.29) is 24.1 Å². The summed E-state index contributed by atoms with van der Waals surface area (Å²) in [6.45, 7) is 4.24.